The Morgan fingerprint density at radius 3 is 3.00 bits per heavy atom. The topological polar surface area (TPSA) is 38.7 Å². The Morgan fingerprint density at radius 2 is 2.29 bits per heavy atom. The number of para-hydroxylation sites is 1. The fourth-order valence-electron chi connectivity index (χ4n) is 2.36. The van der Waals surface area contributed by atoms with Crippen molar-refractivity contribution in [3.05, 3.63) is 29.8 Å². The first-order chi connectivity index (χ1) is 8.29. The zero-order chi connectivity index (χ0) is 12.1. The molecule has 3 heteroatoms. The van der Waals surface area contributed by atoms with Crippen LogP contribution < -0.4 is 4.74 Å². The van der Waals surface area contributed by atoms with Gasteiger partial charge in [0.1, 0.15) is 5.75 Å². The van der Waals surface area contributed by atoms with Crippen molar-refractivity contribution in [2.75, 3.05) is 20.3 Å². The Hall–Kier alpha value is -1.06. The minimum atomic E-state index is -0.307. The molecule has 94 valence electrons. The number of rotatable bonds is 5. The van der Waals surface area contributed by atoms with Crippen LogP contribution in [0.25, 0.3) is 0 Å². The minimum Gasteiger partial charge on any atom is -0.496 e. The number of hydrogen-bond acceptors (Lipinski definition) is 3. The summed E-state index contributed by atoms with van der Waals surface area (Å²) >= 11 is 0. The molecule has 0 saturated carbocycles. The summed E-state index contributed by atoms with van der Waals surface area (Å²) in [5, 5.41) is 10.1. The average Bonchev–Trinajstić information content (AvgIpc) is 2.82. The molecule has 1 saturated heterocycles. The summed E-state index contributed by atoms with van der Waals surface area (Å²) in [6, 6.07) is 7.86. The number of benzene rings is 1. The van der Waals surface area contributed by atoms with Crippen molar-refractivity contribution in [2.45, 2.75) is 25.4 Å². The average molecular weight is 236 g/mol. The van der Waals surface area contributed by atoms with Gasteiger partial charge >= 0.3 is 0 Å². The van der Waals surface area contributed by atoms with Gasteiger partial charge in [-0.1, -0.05) is 18.2 Å². The molecule has 3 nitrogen and oxygen atoms in total. The molecule has 2 unspecified atom stereocenters. The lowest BCUT2D eigenvalue weighted by Crippen LogP contribution is -2.16. The zero-order valence-electron chi connectivity index (χ0n) is 10.3. The van der Waals surface area contributed by atoms with Crippen molar-refractivity contribution in [2.24, 2.45) is 5.92 Å². The van der Waals surface area contributed by atoms with Gasteiger partial charge in [0.05, 0.1) is 13.2 Å². The molecule has 0 spiro atoms. The second-order valence-electron chi connectivity index (χ2n) is 4.64. The molecule has 0 radical (unpaired) electrons. The van der Waals surface area contributed by atoms with Gasteiger partial charge < -0.3 is 14.6 Å². The Bertz CT molecular complexity index is 345. The van der Waals surface area contributed by atoms with Gasteiger partial charge in [0.25, 0.3) is 0 Å². The summed E-state index contributed by atoms with van der Waals surface area (Å²) in [6.07, 6.45) is 2.24. The Labute approximate surface area is 102 Å². The van der Waals surface area contributed by atoms with E-state index in [9.17, 15) is 5.11 Å². The summed E-state index contributed by atoms with van der Waals surface area (Å²) in [5.41, 5.74) is 1.07. The Morgan fingerprint density at radius 1 is 1.47 bits per heavy atom. The standard InChI is InChI=1S/C14H20O3/c1-16-14-5-3-2-4-12(14)9-13(15)8-11-6-7-17-10-11/h2-5,11,13,15H,6-10H2,1H3. The van der Waals surface area contributed by atoms with Crippen LogP contribution in [0.15, 0.2) is 24.3 Å². The lowest BCUT2D eigenvalue weighted by molar-refractivity contribution is 0.128. The highest BCUT2D eigenvalue weighted by Gasteiger charge is 2.20. The van der Waals surface area contributed by atoms with Crippen LogP contribution in [0.5, 0.6) is 5.75 Å². The van der Waals surface area contributed by atoms with Crippen LogP contribution in [0.1, 0.15) is 18.4 Å². The molecule has 1 aliphatic rings. The van der Waals surface area contributed by atoms with Gasteiger partial charge in [-0.15, -0.1) is 0 Å². The molecule has 1 aromatic rings. The van der Waals surface area contributed by atoms with E-state index >= 15 is 0 Å². The predicted molar refractivity (Wildman–Crippen MR) is 66.2 cm³/mol. The maximum atomic E-state index is 10.1. The number of ether oxygens (including phenoxy) is 2. The maximum absolute atomic E-state index is 10.1. The third-order valence-corrected chi connectivity index (χ3v) is 3.28. The van der Waals surface area contributed by atoms with Gasteiger partial charge in [0, 0.05) is 19.6 Å². The second kappa shape index (κ2) is 6.03. The van der Waals surface area contributed by atoms with E-state index in [0.29, 0.717) is 12.3 Å². The predicted octanol–water partition coefficient (Wildman–Crippen LogP) is 2.03. The second-order valence-corrected chi connectivity index (χ2v) is 4.64. The van der Waals surface area contributed by atoms with Gasteiger partial charge in [-0.2, -0.15) is 0 Å². The lowest BCUT2D eigenvalue weighted by atomic mass is 9.96. The van der Waals surface area contributed by atoms with Crippen LogP contribution in [0.4, 0.5) is 0 Å². The normalized spacial score (nSPS) is 21.4. The molecule has 2 atom stereocenters. The molecule has 0 aliphatic carbocycles. The maximum Gasteiger partial charge on any atom is 0.122 e. The lowest BCUT2D eigenvalue weighted by Gasteiger charge is -2.16. The highest BCUT2D eigenvalue weighted by molar-refractivity contribution is 5.33. The first-order valence-electron chi connectivity index (χ1n) is 6.17. The number of aliphatic hydroxyl groups excluding tert-OH is 1. The molecule has 0 bridgehead atoms. The van der Waals surface area contributed by atoms with E-state index in [-0.39, 0.29) is 6.10 Å². The van der Waals surface area contributed by atoms with E-state index in [1.165, 1.54) is 0 Å². The van der Waals surface area contributed by atoms with Crippen LogP contribution in [-0.4, -0.2) is 31.5 Å². The van der Waals surface area contributed by atoms with Crippen molar-refractivity contribution in [3.8, 4) is 5.75 Å². The van der Waals surface area contributed by atoms with Crippen molar-refractivity contribution >= 4 is 0 Å². The van der Waals surface area contributed by atoms with Crippen molar-refractivity contribution < 1.29 is 14.6 Å². The fourth-order valence-corrected chi connectivity index (χ4v) is 2.36. The van der Waals surface area contributed by atoms with Gasteiger partial charge in [0.2, 0.25) is 0 Å². The molecule has 0 amide bonds. The van der Waals surface area contributed by atoms with Gasteiger partial charge in [-0.05, 0) is 30.4 Å². The highest BCUT2D eigenvalue weighted by atomic mass is 16.5. The Balaban J connectivity index is 1.90. The summed E-state index contributed by atoms with van der Waals surface area (Å²) < 4.78 is 10.6. The van der Waals surface area contributed by atoms with E-state index in [4.69, 9.17) is 9.47 Å². The molecular formula is C14H20O3. The quantitative estimate of drug-likeness (QED) is 0.850. The van der Waals surface area contributed by atoms with Crippen LogP contribution in [0, 0.1) is 5.92 Å². The molecule has 1 aromatic carbocycles. The fraction of sp³-hybridized carbons (Fsp3) is 0.571. The molecule has 1 fully saturated rings. The van der Waals surface area contributed by atoms with E-state index in [1.807, 2.05) is 24.3 Å². The zero-order valence-corrected chi connectivity index (χ0v) is 10.3. The third kappa shape index (κ3) is 3.45. The number of aliphatic hydroxyl groups is 1. The van der Waals surface area contributed by atoms with Crippen LogP contribution in [0.3, 0.4) is 0 Å². The monoisotopic (exact) mass is 236 g/mol. The molecule has 2 rings (SSSR count). The summed E-state index contributed by atoms with van der Waals surface area (Å²) in [6.45, 7) is 1.63. The van der Waals surface area contributed by atoms with Crippen molar-refractivity contribution in [1.29, 1.82) is 0 Å². The van der Waals surface area contributed by atoms with Gasteiger partial charge in [-0.25, -0.2) is 0 Å². The summed E-state index contributed by atoms with van der Waals surface area (Å²) in [4.78, 5) is 0. The Kier molecular flexibility index (Phi) is 4.40. The molecule has 17 heavy (non-hydrogen) atoms. The minimum absolute atomic E-state index is 0.307. The van der Waals surface area contributed by atoms with E-state index in [0.717, 1.165) is 37.4 Å². The van der Waals surface area contributed by atoms with Crippen LogP contribution in [-0.2, 0) is 11.2 Å². The van der Waals surface area contributed by atoms with Gasteiger partial charge in [0.15, 0.2) is 0 Å². The first-order valence-corrected chi connectivity index (χ1v) is 6.17. The van der Waals surface area contributed by atoms with E-state index in [2.05, 4.69) is 0 Å². The molecule has 0 aromatic heterocycles. The summed E-state index contributed by atoms with van der Waals surface area (Å²) in [7, 11) is 1.66. The first kappa shape index (κ1) is 12.4. The molecule has 1 aliphatic heterocycles. The highest BCUT2D eigenvalue weighted by Crippen LogP contribution is 2.23. The third-order valence-electron chi connectivity index (χ3n) is 3.28. The molecule has 1 heterocycles. The largest absolute Gasteiger partial charge is 0.496 e. The number of hydrogen-bond donors (Lipinski definition) is 1. The van der Waals surface area contributed by atoms with Crippen LogP contribution >= 0.6 is 0 Å². The molecule has 1 N–H and O–H groups in total. The van der Waals surface area contributed by atoms with E-state index in [1.54, 1.807) is 7.11 Å². The smallest absolute Gasteiger partial charge is 0.122 e. The SMILES string of the molecule is COc1ccccc1CC(O)CC1CCOC1. The molecular weight excluding hydrogens is 216 g/mol. The summed E-state index contributed by atoms with van der Waals surface area (Å²) in [5.74, 6) is 1.37. The van der Waals surface area contributed by atoms with Crippen molar-refractivity contribution in [3.63, 3.8) is 0 Å². The number of methoxy groups -OCH3 is 1. The van der Waals surface area contributed by atoms with Crippen LogP contribution in [0.2, 0.25) is 0 Å². The van der Waals surface area contributed by atoms with Crippen molar-refractivity contribution in [1.82, 2.24) is 0 Å². The van der Waals surface area contributed by atoms with E-state index < -0.39 is 0 Å². The van der Waals surface area contributed by atoms with Gasteiger partial charge in [-0.3, -0.25) is 0 Å².